The van der Waals surface area contributed by atoms with Crippen LogP contribution in [0.1, 0.15) is 32.4 Å². The van der Waals surface area contributed by atoms with E-state index >= 15 is 0 Å². The number of nitrogens with one attached hydrogen (secondary N) is 1. The molecule has 2 atom stereocenters. The zero-order valence-corrected chi connectivity index (χ0v) is 14.0. The summed E-state index contributed by atoms with van der Waals surface area (Å²) in [6.07, 6.45) is 0. The molecule has 21 heavy (non-hydrogen) atoms. The molecule has 0 fully saturated rings. The van der Waals surface area contributed by atoms with Crippen molar-refractivity contribution >= 4 is 21.6 Å². The molecule has 2 unspecified atom stereocenters. The van der Waals surface area contributed by atoms with E-state index in [1.54, 1.807) is 0 Å². The molecule has 0 aliphatic carbocycles. The average Bonchev–Trinajstić information content (AvgIpc) is 2.45. The maximum Gasteiger partial charge on any atom is 0.0436 e. The summed E-state index contributed by atoms with van der Waals surface area (Å²) in [5, 5.41) is 5.97. The van der Waals surface area contributed by atoms with Gasteiger partial charge in [-0.15, -0.1) is 0 Å². The topological polar surface area (TPSA) is 29.1 Å². The smallest absolute Gasteiger partial charge is 0.0436 e. The Balaban J connectivity index is 2.20. The summed E-state index contributed by atoms with van der Waals surface area (Å²) in [7, 11) is -0.778. The van der Waals surface area contributed by atoms with Crippen molar-refractivity contribution in [2.75, 3.05) is 18.1 Å². The Morgan fingerprint density at radius 3 is 2.43 bits per heavy atom. The quantitative estimate of drug-likeness (QED) is 0.840. The normalized spacial score (nSPS) is 14.5. The molecular weight excluding hydrogens is 278 g/mol. The van der Waals surface area contributed by atoms with E-state index in [-0.39, 0.29) is 6.04 Å². The molecule has 2 aromatic rings. The molecule has 0 saturated carbocycles. The maximum atomic E-state index is 12.2. The van der Waals surface area contributed by atoms with Gasteiger partial charge in [0.2, 0.25) is 0 Å². The van der Waals surface area contributed by atoms with Crippen LogP contribution in [0.5, 0.6) is 0 Å². The average molecular weight is 303 g/mol. The van der Waals surface area contributed by atoms with Gasteiger partial charge in [-0.2, -0.15) is 0 Å². The summed E-state index contributed by atoms with van der Waals surface area (Å²) in [4.78, 5) is 0. The van der Waals surface area contributed by atoms with Gasteiger partial charge in [0.15, 0.2) is 0 Å². The highest BCUT2D eigenvalue weighted by molar-refractivity contribution is 7.85. The zero-order valence-electron chi connectivity index (χ0n) is 13.1. The summed E-state index contributed by atoms with van der Waals surface area (Å²) >= 11 is 0. The minimum absolute atomic E-state index is 0.166. The SMILES string of the molecule is CCNC(CS(=O)CC(C)C)c1ccc2ccccc2c1. The molecule has 0 aromatic heterocycles. The van der Waals surface area contributed by atoms with Crippen molar-refractivity contribution in [2.24, 2.45) is 5.92 Å². The maximum absolute atomic E-state index is 12.2. The molecular formula is C18H25NOS. The van der Waals surface area contributed by atoms with Crippen LogP contribution in [0.15, 0.2) is 42.5 Å². The third kappa shape index (κ3) is 4.65. The molecule has 1 N–H and O–H groups in total. The molecule has 0 aliphatic rings. The molecule has 0 radical (unpaired) electrons. The molecule has 2 rings (SSSR count). The van der Waals surface area contributed by atoms with E-state index in [0.717, 1.165) is 12.3 Å². The van der Waals surface area contributed by atoms with E-state index < -0.39 is 10.8 Å². The van der Waals surface area contributed by atoms with Gasteiger partial charge in [-0.3, -0.25) is 4.21 Å². The molecule has 0 spiro atoms. The van der Waals surface area contributed by atoms with Gasteiger partial charge in [-0.1, -0.05) is 57.2 Å². The second kappa shape index (κ2) is 7.71. The van der Waals surface area contributed by atoms with Crippen LogP contribution >= 0.6 is 0 Å². The van der Waals surface area contributed by atoms with Crippen LogP contribution in [0, 0.1) is 5.92 Å². The molecule has 0 aliphatic heterocycles. The van der Waals surface area contributed by atoms with Crippen LogP contribution in [0.25, 0.3) is 10.8 Å². The largest absolute Gasteiger partial charge is 0.309 e. The number of benzene rings is 2. The van der Waals surface area contributed by atoms with E-state index in [1.807, 2.05) is 0 Å². The summed E-state index contributed by atoms with van der Waals surface area (Å²) < 4.78 is 12.2. The van der Waals surface area contributed by atoms with Gasteiger partial charge < -0.3 is 5.32 Å². The lowest BCUT2D eigenvalue weighted by Gasteiger charge is -2.19. The van der Waals surface area contributed by atoms with Crippen molar-refractivity contribution < 1.29 is 4.21 Å². The summed E-state index contributed by atoms with van der Waals surface area (Å²) in [5.41, 5.74) is 1.23. The van der Waals surface area contributed by atoms with Crippen LogP contribution in [0.2, 0.25) is 0 Å². The Hall–Kier alpha value is -1.19. The lowest BCUT2D eigenvalue weighted by atomic mass is 10.0. The van der Waals surface area contributed by atoms with Gasteiger partial charge in [-0.25, -0.2) is 0 Å². The summed E-state index contributed by atoms with van der Waals surface area (Å²) in [6.45, 7) is 7.22. The zero-order chi connectivity index (χ0) is 15.2. The summed E-state index contributed by atoms with van der Waals surface area (Å²) in [5.74, 6) is 1.93. The Kier molecular flexibility index (Phi) is 5.95. The van der Waals surface area contributed by atoms with Crippen LogP contribution in [0.3, 0.4) is 0 Å². The van der Waals surface area contributed by atoms with Gasteiger partial charge in [0.1, 0.15) is 0 Å². The molecule has 3 heteroatoms. The molecule has 0 amide bonds. The fourth-order valence-electron chi connectivity index (χ4n) is 2.57. The van der Waals surface area contributed by atoms with Crippen LogP contribution in [-0.4, -0.2) is 22.3 Å². The van der Waals surface area contributed by atoms with E-state index in [1.165, 1.54) is 16.3 Å². The number of hydrogen-bond donors (Lipinski definition) is 1. The first-order valence-electron chi connectivity index (χ1n) is 7.67. The molecule has 2 nitrogen and oxygen atoms in total. The number of fused-ring (bicyclic) bond motifs is 1. The minimum Gasteiger partial charge on any atom is -0.309 e. The Bertz CT molecular complexity index is 609. The third-order valence-corrected chi connectivity index (χ3v) is 5.24. The highest BCUT2D eigenvalue weighted by Crippen LogP contribution is 2.21. The first kappa shape index (κ1) is 16.2. The second-order valence-corrected chi connectivity index (χ2v) is 7.43. The molecule has 2 aromatic carbocycles. The Labute approximate surface area is 130 Å². The van der Waals surface area contributed by atoms with Crippen LogP contribution in [0.4, 0.5) is 0 Å². The molecule has 0 bridgehead atoms. The first-order chi connectivity index (χ1) is 10.1. The standard InChI is InChI=1S/C18H25NOS/c1-4-19-18(13-21(20)12-14(2)3)17-10-9-15-7-5-6-8-16(15)11-17/h5-11,14,18-19H,4,12-13H2,1-3H3. The molecule has 0 heterocycles. The second-order valence-electron chi connectivity index (χ2n) is 5.88. The minimum atomic E-state index is -0.778. The summed E-state index contributed by atoms with van der Waals surface area (Å²) in [6, 6.07) is 15.1. The molecule has 0 saturated heterocycles. The van der Waals surface area contributed by atoms with Gasteiger partial charge in [-0.05, 0) is 34.9 Å². The van der Waals surface area contributed by atoms with E-state index in [4.69, 9.17) is 0 Å². The van der Waals surface area contributed by atoms with Gasteiger partial charge in [0.05, 0.1) is 0 Å². The van der Waals surface area contributed by atoms with Crippen molar-refractivity contribution in [2.45, 2.75) is 26.8 Å². The van der Waals surface area contributed by atoms with E-state index in [0.29, 0.717) is 11.7 Å². The van der Waals surface area contributed by atoms with Crippen LogP contribution < -0.4 is 5.32 Å². The Morgan fingerprint density at radius 1 is 1.05 bits per heavy atom. The fraction of sp³-hybridized carbons (Fsp3) is 0.444. The van der Waals surface area contributed by atoms with E-state index in [2.05, 4.69) is 68.6 Å². The van der Waals surface area contributed by atoms with Crippen molar-refractivity contribution in [1.82, 2.24) is 5.32 Å². The fourth-order valence-corrected chi connectivity index (χ4v) is 4.13. The molecule has 114 valence electrons. The van der Waals surface area contributed by atoms with Crippen LogP contribution in [-0.2, 0) is 10.8 Å². The Morgan fingerprint density at radius 2 is 1.76 bits per heavy atom. The van der Waals surface area contributed by atoms with Gasteiger partial charge in [0.25, 0.3) is 0 Å². The van der Waals surface area contributed by atoms with Crippen molar-refractivity contribution in [1.29, 1.82) is 0 Å². The highest BCUT2D eigenvalue weighted by Gasteiger charge is 2.15. The predicted molar refractivity (Wildman–Crippen MR) is 93.1 cm³/mol. The van der Waals surface area contributed by atoms with Crippen molar-refractivity contribution in [3.05, 3.63) is 48.0 Å². The lowest BCUT2D eigenvalue weighted by Crippen LogP contribution is -2.27. The van der Waals surface area contributed by atoms with Crippen molar-refractivity contribution in [3.63, 3.8) is 0 Å². The number of hydrogen-bond acceptors (Lipinski definition) is 2. The third-order valence-electron chi connectivity index (χ3n) is 3.50. The monoisotopic (exact) mass is 303 g/mol. The lowest BCUT2D eigenvalue weighted by molar-refractivity contribution is 0.591. The first-order valence-corrected chi connectivity index (χ1v) is 9.16. The highest BCUT2D eigenvalue weighted by atomic mass is 32.2. The predicted octanol–water partition coefficient (Wildman–Crippen LogP) is 3.90. The van der Waals surface area contributed by atoms with E-state index in [9.17, 15) is 4.21 Å². The van der Waals surface area contributed by atoms with Gasteiger partial charge >= 0.3 is 0 Å². The van der Waals surface area contributed by atoms with Gasteiger partial charge in [0, 0.05) is 28.3 Å². The number of rotatable bonds is 7. The van der Waals surface area contributed by atoms with Crippen molar-refractivity contribution in [3.8, 4) is 0 Å².